The Morgan fingerprint density at radius 3 is 2.50 bits per heavy atom. The van der Waals surface area contributed by atoms with Gasteiger partial charge in [0.25, 0.3) is 0 Å². The van der Waals surface area contributed by atoms with Gasteiger partial charge in [0.15, 0.2) is 0 Å². The maximum Gasteiger partial charge on any atom is 0.227 e. The van der Waals surface area contributed by atoms with E-state index in [4.69, 9.17) is 11.6 Å². The first-order valence-electron chi connectivity index (χ1n) is 8.97. The number of anilines is 1. The van der Waals surface area contributed by atoms with Crippen molar-refractivity contribution in [3.8, 4) is 0 Å². The van der Waals surface area contributed by atoms with Crippen LogP contribution in [-0.2, 0) is 15.0 Å². The lowest BCUT2D eigenvalue weighted by Gasteiger charge is -2.19. The minimum absolute atomic E-state index is 0.0462. The number of amides is 2. The summed E-state index contributed by atoms with van der Waals surface area (Å²) in [4.78, 5) is 26.6. The van der Waals surface area contributed by atoms with Gasteiger partial charge in [-0.25, -0.2) is 0 Å². The van der Waals surface area contributed by atoms with E-state index in [-0.39, 0.29) is 29.6 Å². The Morgan fingerprint density at radius 1 is 1.12 bits per heavy atom. The van der Waals surface area contributed by atoms with E-state index in [1.54, 1.807) is 11.0 Å². The van der Waals surface area contributed by atoms with Crippen molar-refractivity contribution in [1.29, 1.82) is 0 Å². The Labute approximate surface area is 158 Å². The maximum atomic E-state index is 12.6. The van der Waals surface area contributed by atoms with Gasteiger partial charge in [-0.1, -0.05) is 54.1 Å². The molecular formula is C21H21ClN2O2. The van der Waals surface area contributed by atoms with Crippen molar-refractivity contribution in [3.05, 3.63) is 65.2 Å². The van der Waals surface area contributed by atoms with Crippen molar-refractivity contribution in [3.63, 3.8) is 0 Å². The van der Waals surface area contributed by atoms with Crippen LogP contribution in [0.2, 0.25) is 5.02 Å². The third kappa shape index (κ3) is 3.21. The molecule has 1 aliphatic heterocycles. The molecule has 5 heteroatoms. The average molecular weight is 369 g/mol. The lowest BCUT2D eigenvalue weighted by Crippen LogP contribution is -2.37. The molecule has 1 atom stereocenters. The molecule has 1 saturated heterocycles. The van der Waals surface area contributed by atoms with Crippen LogP contribution in [0, 0.1) is 5.92 Å². The number of nitrogens with one attached hydrogen (secondary N) is 1. The number of nitrogens with zero attached hydrogens (tertiary/aromatic N) is 1. The topological polar surface area (TPSA) is 49.4 Å². The number of benzene rings is 2. The van der Waals surface area contributed by atoms with Gasteiger partial charge in [0.05, 0.1) is 16.6 Å². The summed E-state index contributed by atoms with van der Waals surface area (Å²) >= 11 is 6.20. The molecule has 0 aromatic heterocycles. The first kappa shape index (κ1) is 17.1. The predicted octanol–water partition coefficient (Wildman–Crippen LogP) is 3.54. The first-order chi connectivity index (χ1) is 12.6. The molecule has 2 amide bonds. The minimum atomic E-state index is -0.328. The van der Waals surface area contributed by atoms with E-state index in [9.17, 15) is 9.59 Å². The molecule has 2 aromatic rings. The minimum Gasteiger partial charge on any atom is -0.355 e. The third-order valence-corrected chi connectivity index (χ3v) is 5.80. The molecule has 1 aliphatic carbocycles. The molecule has 2 aromatic carbocycles. The molecule has 0 radical (unpaired) electrons. The number of carbonyl (C=O) groups is 2. The van der Waals surface area contributed by atoms with Gasteiger partial charge < -0.3 is 10.2 Å². The van der Waals surface area contributed by atoms with Gasteiger partial charge in [0, 0.05) is 24.9 Å². The van der Waals surface area contributed by atoms with E-state index < -0.39 is 0 Å². The van der Waals surface area contributed by atoms with Crippen molar-refractivity contribution in [2.24, 2.45) is 5.92 Å². The Kier molecular flexibility index (Phi) is 4.45. The highest BCUT2D eigenvalue weighted by Crippen LogP contribution is 2.47. The first-order valence-corrected chi connectivity index (χ1v) is 9.35. The Balaban J connectivity index is 1.39. The number of carbonyl (C=O) groups excluding carboxylic acids is 2. The highest BCUT2D eigenvalue weighted by molar-refractivity contribution is 6.33. The van der Waals surface area contributed by atoms with Crippen LogP contribution in [0.3, 0.4) is 0 Å². The van der Waals surface area contributed by atoms with Crippen molar-refractivity contribution < 1.29 is 9.59 Å². The lowest BCUT2D eigenvalue weighted by atomic mass is 9.95. The summed E-state index contributed by atoms with van der Waals surface area (Å²) in [6.45, 7) is 1.01. The standard InChI is InChI=1S/C21H21ClN2O2/c22-17-8-4-5-9-18(17)24-13-15(12-19(24)25)20(26)23-14-21(10-11-21)16-6-2-1-3-7-16/h1-9,15H,10-14H2,(H,23,26). The summed E-state index contributed by atoms with van der Waals surface area (Å²) in [5.41, 5.74) is 2.03. The van der Waals surface area contributed by atoms with Crippen LogP contribution in [0.15, 0.2) is 54.6 Å². The van der Waals surface area contributed by atoms with Gasteiger partial charge in [-0.2, -0.15) is 0 Å². The lowest BCUT2D eigenvalue weighted by molar-refractivity contribution is -0.126. The van der Waals surface area contributed by atoms with Crippen molar-refractivity contribution in [1.82, 2.24) is 5.32 Å². The highest BCUT2D eigenvalue weighted by atomic mass is 35.5. The fraction of sp³-hybridized carbons (Fsp3) is 0.333. The fourth-order valence-electron chi connectivity index (χ4n) is 3.70. The molecule has 4 nitrogen and oxygen atoms in total. The van der Waals surface area contributed by atoms with Gasteiger partial charge in [-0.15, -0.1) is 0 Å². The molecule has 1 unspecified atom stereocenters. The second kappa shape index (κ2) is 6.76. The SMILES string of the molecule is O=C(NCC1(c2ccccc2)CC1)C1CC(=O)N(c2ccccc2Cl)C1. The van der Waals surface area contributed by atoms with Crippen molar-refractivity contribution in [2.45, 2.75) is 24.7 Å². The van der Waals surface area contributed by atoms with Crippen molar-refractivity contribution >= 4 is 29.1 Å². The molecule has 1 heterocycles. The van der Waals surface area contributed by atoms with Crippen LogP contribution in [-0.4, -0.2) is 24.9 Å². The molecule has 134 valence electrons. The summed E-state index contributed by atoms with van der Waals surface area (Å²) in [6.07, 6.45) is 2.41. The molecular weight excluding hydrogens is 348 g/mol. The second-order valence-electron chi connectivity index (χ2n) is 7.22. The maximum absolute atomic E-state index is 12.6. The van der Waals surface area contributed by atoms with E-state index in [1.807, 2.05) is 36.4 Å². The van der Waals surface area contributed by atoms with Crippen molar-refractivity contribution in [2.75, 3.05) is 18.0 Å². The number of hydrogen-bond acceptors (Lipinski definition) is 2. The quantitative estimate of drug-likeness (QED) is 0.877. The third-order valence-electron chi connectivity index (χ3n) is 5.48. The van der Waals surface area contributed by atoms with E-state index in [2.05, 4.69) is 17.4 Å². The van der Waals surface area contributed by atoms with Crippen LogP contribution >= 0.6 is 11.6 Å². The predicted molar refractivity (Wildman–Crippen MR) is 102 cm³/mol. The summed E-state index contributed by atoms with van der Waals surface area (Å²) in [5.74, 6) is -0.428. The van der Waals surface area contributed by atoms with E-state index in [0.717, 1.165) is 12.8 Å². The largest absolute Gasteiger partial charge is 0.355 e. The Morgan fingerprint density at radius 2 is 1.81 bits per heavy atom. The van der Waals surface area contributed by atoms with Gasteiger partial charge in [-0.05, 0) is 30.5 Å². The van der Waals surface area contributed by atoms with Crippen LogP contribution in [0.5, 0.6) is 0 Å². The zero-order valence-electron chi connectivity index (χ0n) is 14.5. The van der Waals surface area contributed by atoms with E-state index in [1.165, 1.54) is 5.56 Å². The van der Waals surface area contributed by atoms with Gasteiger partial charge in [0.2, 0.25) is 11.8 Å². The second-order valence-corrected chi connectivity index (χ2v) is 7.63. The number of para-hydroxylation sites is 1. The highest BCUT2D eigenvalue weighted by Gasteiger charge is 2.45. The van der Waals surface area contributed by atoms with Gasteiger partial charge in [0.1, 0.15) is 0 Å². The average Bonchev–Trinajstić information content (AvgIpc) is 3.36. The molecule has 2 aliphatic rings. The molecule has 26 heavy (non-hydrogen) atoms. The summed E-state index contributed by atoms with van der Waals surface area (Å²) < 4.78 is 0. The summed E-state index contributed by atoms with van der Waals surface area (Å²) in [5, 5.41) is 3.61. The van der Waals surface area contributed by atoms with Crippen LogP contribution in [0.1, 0.15) is 24.8 Å². The van der Waals surface area contributed by atoms with Crippen LogP contribution in [0.25, 0.3) is 0 Å². The molecule has 2 fully saturated rings. The summed E-state index contributed by atoms with van der Waals surface area (Å²) in [6, 6.07) is 17.6. The van der Waals surface area contributed by atoms with Crippen LogP contribution < -0.4 is 10.2 Å². The number of rotatable bonds is 5. The number of hydrogen-bond donors (Lipinski definition) is 1. The van der Waals surface area contributed by atoms with Gasteiger partial charge >= 0.3 is 0 Å². The van der Waals surface area contributed by atoms with Crippen LogP contribution in [0.4, 0.5) is 5.69 Å². The van der Waals surface area contributed by atoms with E-state index in [0.29, 0.717) is 23.8 Å². The zero-order valence-corrected chi connectivity index (χ0v) is 15.2. The molecule has 0 bridgehead atoms. The summed E-state index contributed by atoms with van der Waals surface area (Å²) in [7, 11) is 0. The van der Waals surface area contributed by atoms with Gasteiger partial charge in [-0.3, -0.25) is 9.59 Å². The smallest absolute Gasteiger partial charge is 0.227 e. The molecule has 1 N–H and O–H groups in total. The Hall–Kier alpha value is -2.33. The fourth-order valence-corrected chi connectivity index (χ4v) is 3.94. The monoisotopic (exact) mass is 368 g/mol. The molecule has 4 rings (SSSR count). The molecule has 0 spiro atoms. The number of halogens is 1. The normalized spacial score (nSPS) is 20.9. The molecule has 1 saturated carbocycles. The zero-order chi connectivity index (χ0) is 18.1. The Bertz CT molecular complexity index is 833. The van der Waals surface area contributed by atoms with E-state index >= 15 is 0 Å².